The number of alkyl halides is 4. The molecule has 2 aliphatic heterocycles. The Labute approximate surface area is 229 Å². The minimum Gasteiger partial charge on any atom is -0.379 e. The molecule has 1 saturated heterocycles. The van der Waals surface area contributed by atoms with Gasteiger partial charge in [0.15, 0.2) is 12.0 Å². The zero-order valence-electron chi connectivity index (χ0n) is 22.6. The smallest absolute Gasteiger partial charge is 0.379 e. The van der Waals surface area contributed by atoms with Gasteiger partial charge in [0, 0.05) is 29.9 Å². The van der Waals surface area contributed by atoms with E-state index in [0.29, 0.717) is 16.8 Å². The lowest BCUT2D eigenvalue weighted by Gasteiger charge is -2.43. The first kappa shape index (κ1) is 26.9. The largest absolute Gasteiger partial charge is 0.416 e. The van der Waals surface area contributed by atoms with Gasteiger partial charge in [-0.05, 0) is 74.1 Å². The maximum absolute atomic E-state index is 15.9. The number of amides is 1. The standard InChI is InChI=1S/C29H31F4N5O2/c1-17(35-27(2)8-5-9-27)18-10-21-22(23(11-18)29(31,32)33)13-38(26(21)39)20-7-4-6-19(12-20)28(14-40-15-28)24(30)25-36-34-16-37(25)3/h4,6-7,10-12,16-17,24,35H,5,8-9,13-15H2,1-3H3/t17-,24-/m0/s1. The number of hydrogen-bond donors (Lipinski definition) is 1. The van der Waals surface area contributed by atoms with Gasteiger partial charge in [-0.3, -0.25) is 4.79 Å². The Kier molecular flexibility index (Phi) is 6.30. The number of rotatable bonds is 7. The second kappa shape index (κ2) is 9.37. The summed E-state index contributed by atoms with van der Waals surface area (Å²) in [6, 6.07) is 9.16. The summed E-state index contributed by atoms with van der Waals surface area (Å²) in [6.45, 7) is 3.88. The third-order valence-corrected chi connectivity index (χ3v) is 8.80. The quantitative estimate of drug-likeness (QED) is 0.385. The molecule has 3 heterocycles. The number of nitrogens with one attached hydrogen (secondary N) is 1. The lowest BCUT2D eigenvalue weighted by Crippen LogP contribution is -2.50. The highest BCUT2D eigenvalue weighted by atomic mass is 19.4. The van der Waals surface area contributed by atoms with Crippen LogP contribution in [0.5, 0.6) is 0 Å². The minimum atomic E-state index is -4.62. The number of halogens is 4. The molecule has 0 spiro atoms. The van der Waals surface area contributed by atoms with Crippen molar-refractivity contribution in [2.75, 3.05) is 18.1 Å². The van der Waals surface area contributed by atoms with Crippen LogP contribution in [0.1, 0.15) is 83.8 Å². The van der Waals surface area contributed by atoms with Crippen LogP contribution in [0.15, 0.2) is 42.7 Å². The second-order valence-corrected chi connectivity index (χ2v) is 11.6. The van der Waals surface area contributed by atoms with Gasteiger partial charge in [0.25, 0.3) is 5.91 Å². The fraction of sp³-hybridized carbons (Fsp3) is 0.483. The first-order chi connectivity index (χ1) is 18.9. The van der Waals surface area contributed by atoms with E-state index in [1.807, 2.05) is 6.92 Å². The monoisotopic (exact) mass is 557 g/mol. The van der Waals surface area contributed by atoms with Crippen molar-refractivity contribution in [3.63, 3.8) is 0 Å². The Balaban J connectivity index is 1.34. The molecule has 0 unspecified atom stereocenters. The molecule has 0 bridgehead atoms. The molecule has 0 radical (unpaired) electrons. The summed E-state index contributed by atoms with van der Waals surface area (Å²) >= 11 is 0. The Morgan fingerprint density at radius 2 is 1.90 bits per heavy atom. The number of carbonyl (C=O) groups excluding carboxylic acids is 1. The van der Waals surface area contributed by atoms with Crippen LogP contribution in [0.4, 0.5) is 23.2 Å². The fourth-order valence-corrected chi connectivity index (χ4v) is 6.13. The van der Waals surface area contributed by atoms with Gasteiger partial charge in [0.05, 0.1) is 30.7 Å². The molecule has 2 aromatic carbocycles. The molecular formula is C29H31F4N5O2. The fourth-order valence-electron chi connectivity index (χ4n) is 6.13. The lowest BCUT2D eigenvalue weighted by atomic mass is 9.74. The van der Waals surface area contributed by atoms with Crippen molar-refractivity contribution >= 4 is 11.6 Å². The van der Waals surface area contributed by atoms with Crippen LogP contribution in [-0.2, 0) is 29.9 Å². The van der Waals surface area contributed by atoms with Crippen molar-refractivity contribution < 1.29 is 27.1 Å². The molecule has 40 heavy (non-hydrogen) atoms. The topological polar surface area (TPSA) is 72.3 Å². The molecule has 1 saturated carbocycles. The van der Waals surface area contributed by atoms with Gasteiger partial charge < -0.3 is 19.5 Å². The number of nitrogens with zero attached hydrogens (tertiary/aromatic N) is 4. The molecule has 7 nitrogen and oxygen atoms in total. The van der Waals surface area contributed by atoms with Gasteiger partial charge in [0.1, 0.15) is 6.33 Å². The van der Waals surface area contributed by atoms with E-state index in [1.165, 1.54) is 21.9 Å². The molecular weight excluding hydrogens is 526 g/mol. The first-order valence-electron chi connectivity index (χ1n) is 13.4. The predicted molar refractivity (Wildman–Crippen MR) is 140 cm³/mol. The van der Waals surface area contributed by atoms with Crippen LogP contribution in [0.3, 0.4) is 0 Å². The maximum atomic E-state index is 15.9. The Morgan fingerprint density at radius 3 is 2.48 bits per heavy atom. The number of hydrogen-bond acceptors (Lipinski definition) is 5. The van der Waals surface area contributed by atoms with Gasteiger partial charge in [-0.2, -0.15) is 13.2 Å². The number of fused-ring (bicyclic) bond motifs is 1. The van der Waals surface area contributed by atoms with Crippen molar-refractivity contribution in [1.29, 1.82) is 0 Å². The molecule has 2 atom stereocenters. The molecule has 11 heteroatoms. The molecule has 3 aromatic rings. The third-order valence-electron chi connectivity index (χ3n) is 8.80. The number of anilines is 1. The summed E-state index contributed by atoms with van der Waals surface area (Å²) in [5, 5.41) is 11.1. The van der Waals surface area contributed by atoms with E-state index in [1.54, 1.807) is 37.4 Å². The molecule has 1 amide bonds. The summed E-state index contributed by atoms with van der Waals surface area (Å²) in [6.07, 6.45) is -1.73. The Bertz CT molecular complexity index is 1460. The van der Waals surface area contributed by atoms with Gasteiger partial charge in [-0.15, -0.1) is 10.2 Å². The number of carbonyl (C=O) groups is 1. The summed E-state index contributed by atoms with van der Waals surface area (Å²) in [7, 11) is 1.65. The summed E-state index contributed by atoms with van der Waals surface area (Å²) in [5.74, 6) is -0.357. The van der Waals surface area contributed by atoms with E-state index in [4.69, 9.17) is 4.74 Å². The molecule has 1 N–H and O–H groups in total. The average molecular weight is 558 g/mol. The first-order valence-corrected chi connectivity index (χ1v) is 13.4. The van der Waals surface area contributed by atoms with Crippen LogP contribution in [0.2, 0.25) is 0 Å². The highest BCUT2D eigenvalue weighted by Crippen LogP contribution is 2.47. The van der Waals surface area contributed by atoms with Gasteiger partial charge in [-0.1, -0.05) is 12.1 Å². The third kappa shape index (κ3) is 4.30. The van der Waals surface area contributed by atoms with E-state index < -0.39 is 29.2 Å². The number of ether oxygens (including phenoxy) is 1. The summed E-state index contributed by atoms with van der Waals surface area (Å²) in [4.78, 5) is 15.0. The lowest BCUT2D eigenvalue weighted by molar-refractivity contribution is -0.138. The van der Waals surface area contributed by atoms with E-state index >= 15 is 4.39 Å². The van der Waals surface area contributed by atoms with E-state index in [0.717, 1.165) is 19.3 Å². The van der Waals surface area contributed by atoms with E-state index in [9.17, 15) is 18.0 Å². The van der Waals surface area contributed by atoms with Crippen LogP contribution < -0.4 is 10.2 Å². The van der Waals surface area contributed by atoms with E-state index in [2.05, 4.69) is 22.4 Å². The van der Waals surface area contributed by atoms with Crippen LogP contribution in [0, 0.1) is 0 Å². The molecule has 1 aromatic heterocycles. The maximum Gasteiger partial charge on any atom is 0.416 e. The van der Waals surface area contributed by atoms with Gasteiger partial charge in [0.2, 0.25) is 0 Å². The SMILES string of the molecule is C[C@H](NC1(C)CCC1)c1cc2c(c(C(F)(F)F)c1)CN(c1cccc(C3([C@@H](F)c4nncn4C)COC3)c1)C2=O. The van der Waals surface area contributed by atoms with Crippen LogP contribution in [0.25, 0.3) is 0 Å². The minimum absolute atomic E-state index is 0.0437. The zero-order chi connectivity index (χ0) is 28.4. The number of aryl methyl sites for hydroxylation is 1. The molecule has 2 fully saturated rings. The molecule has 3 aliphatic rings. The highest BCUT2D eigenvalue weighted by molar-refractivity contribution is 6.10. The van der Waals surface area contributed by atoms with Crippen LogP contribution >= 0.6 is 0 Å². The number of benzene rings is 2. The number of aromatic nitrogens is 3. The van der Waals surface area contributed by atoms with Crippen LogP contribution in [-0.4, -0.2) is 39.4 Å². The second-order valence-electron chi connectivity index (χ2n) is 11.6. The highest BCUT2D eigenvalue weighted by Gasteiger charge is 2.51. The predicted octanol–water partition coefficient (Wildman–Crippen LogP) is 5.57. The van der Waals surface area contributed by atoms with Crippen molar-refractivity contribution in [2.24, 2.45) is 7.05 Å². The van der Waals surface area contributed by atoms with Gasteiger partial charge >= 0.3 is 6.18 Å². The van der Waals surface area contributed by atoms with Crippen molar-refractivity contribution in [1.82, 2.24) is 20.1 Å². The Hall–Kier alpha value is -3.31. The van der Waals surface area contributed by atoms with Crippen molar-refractivity contribution in [2.45, 2.75) is 69.0 Å². The molecule has 212 valence electrons. The average Bonchev–Trinajstić information content (AvgIpc) is 3.44. The van der Waals surface area contributed by atoms with Crippen molar-refractivity contribution in [3.05, 3.63) is 76.4 Å². The normalized spacial score (nSPS) is 21.0. The summed E-state index contributed by atoms with van der Waals surface area (Å²) in [5.41, 5.74) is -0.545. The van der Waals surface area contributed by atoms with E-state index in [-0.39, 0.29) is 48.3 Å². The van der Waals surface area contributed by atoms with Crippen molar-refractivity contribution in [3.8, 4) is 0 Å². The Morgan fingerprint density at radius 1 is 1.15 bits per heavy atom. The van der Waals surface area contributed by atoms with Gasteiger partial charge in [-0.25, -0.2) is 4.39 Å². The molecule has 1 aliphatic carbocycles. The summed E-state index contributed by atoms with van der Waals surface area (Å²) < 4.78 is 65.6. The molecule has 6 rings (SSSR count). The zero-order valence-corrected chi connectivity index (χ0v) is 22.6.